The van der Waals surface area contributed by atoms with Crippen molar-refractivity contribution in [3.8, 4) is 0 Å². The summed E-state index contributed by atoms with van der Waals surface area (Å²) in [6.07, 6.45) is 1.76. The zero-order chi connectivity index (χ0) is 14.1. The summed E-state index contributed by atoms with van der Waals surface area (Å²) in [6.45, 7) is 1.86. The Kier molecular flexibility index (Phi) is 4.98. The highest BCUT2D eigenvalue weighted by Crippen LogP contribution is 2.39. The lowest BCUT2D eigenvalue weighted by Crippen LogP contribution is -3.06. The number of halogens is 1. The van der Waals surface area contributed by atoms with E-state index in [2.05, 4.69) is 24.0 Å². The number of likely N-dealkylation sites (N-methyl/N-ethyl adjacent to an activating group) is 1. The molecular formula is C15H18ClN3OS. The highest BCUT2D eigenvalue weighted by molar-refractivity contribution is 7.85. The van der Waals surface area contributed by atoms with Crippen LogP contribution in [0.2, 0.25) is 0 Å². The summed E-state index contributed by atoms with van der Waals surface area (Å²) in [5, 5.41) is 0. The van der Waals surface area contributed by atoms with E-state index < -0.39 is 10.8 Å². The number of nitrogens with zero attached hydrogens (tertiary/aromatic N) is 2. The van der Waals surface area contributed by atoms with Gasteiger partial charge in [0.15, 0.2) is 0 Å². The maximum absolute atomic E-state index is 12.6. The SMILES string of the molecule is C[NH+](C)CCN1c2ccccc2S(=O)c2cccnc21.[Cl-]. The molecule has 0 bridgehead atoms. The third-order valence-corrected chi connectivity index (χ3v) is 4.86. The van der Waals surface area contributed by atoms with E-state index in [1.54, 1.807) is 6.20 Å². The molecule has 0 radical (unpaired) electrons. The molecule has 1 N–H and O–H groups in total. The molecule has 1 aromatic carbocycles. The smallest absolute Gasteiger partial charge is 0.149 e. The van der Waals surface area contributed by atoms with Gasteiger partial charge in [-0.3, -0.25) is 0 Å². The molecule has 112 valence electrons. The van der Waals surface area contributed by atoms with E-state index in [0.29, 0.717) is 0 Å². The fourth-order valence-corrected chi connectivity index (χ4v) is 3.70. The van der Waals surface area contributed by atoms with Gasteiger partial charge in [0.25, 0.3) is 0 Å². The van der Waals surface area contributed by atoms with Crippen LogP contribution in [0.3, 0.4) is 0 Å². The molecule has 0 spiro atoms. The summed E-state index contributed by atoms with van der Waals surface area (Å²) in [4.78, 5) is 9.69. The number of aromatic nitrogens is 1. The van der Waals surface area contributed by atoms with E-state index in [4.69, 9.17) is 0 Å². The van der Waals surface area contributed by atoms with E-state index in [1.165, 1.54) is 4.90 Å². The van der Waals surface area contributed by atoms with Crippen molar-refractivity contribution in [2.24, 2.45) is 0 Å². The Balaban J connectivity index is 0.00000161. The van der Waals surface area contributed by atoms with Crippen LogP contribution in [-0.2, 0) is 10.8 Å². The number of anilines is 2. The molecule has 1 atom stereocenters. The van der Waals surface area contributed by atoms with Crippen LogP contribution in [-0.4, -0.2) is 36.4 Å². The van der Waals surface area contributed by atoms with E-state index in [0.717, 1.165) is 34.4 Å². The Bertz CT molecular complexity index is 613. The molecule has 21 heavy (non-hydrogen) atoms. The zero-order valence-electron chi connectivity index (χ0n) is 12.0. The topological polar surface area (TPSA) is 37.6 Å². The minimum Gasteiger partial charge on any atom is -1.00 e. The van der Waals surface area contributed by atoms with Crippen molar-refractivity contribution in [1.82, 2.24) is 4.98 Å². The minimum atomic E-state index is -1.14. The van der Waals surface area contributed by atoms with Crippen molar-refractivity contribution in [2.45, 2.75) is 9.79 Å². The molecule has 2 heterocycles. The number of benzene rings is 1. The first-order valence-electron chi connectivity index (χ1n) is 6.71. The minimum absolute atomic E-state index is 0. The molecule has 0 fully saturated rings. The van der Waals surface area contributed by atoms with Crippen molar-refractivity contribution >= 4 is 22.3 Å². The number of rotatable bonds is 3. The fourth-order valence-electron chi connectivity index (χ4n) is 2.36. The second-order valence-corrected chi connectivity index (χ2v) is 6.59. The lowest BCUT2D eigenvalue weighted by atomic mass is 10.2. The number of hydrogen-bond acceptors (Lipinski definition) is 3. The molecule has 1 aliphatic rings. The molecule has 3 rings (SSSR count). The molecule has 4 nitrogen and oxygen atoms in total. The van der Waals surface area contributed by atoms with Crippen LogP contribution in [0.15, 0.2) is 52.4 Å². The number of hydrogen-bond donors (Lipinski definition) is 1. The lowest BCUT2D eigenvalue weighted by molar-refractivity contribution is -0.856. The predicted molar refractivity (Wildman–Crippen MR) is 80.0 cm³/mol. The molecule has 2 aromatic rings. The van der Waals surface area contributed by atoms with Crippen LogP contribution >= 0.6 is 0 Å². The fraction of sp³-hybridized carbons (Fsp3) is 0.267. The van der Waals surface area contributed by atoms with E-state index in [9.17, 15) is 4.21 Å². The maximum Gasteiger partial charge on any atom is 0.149 e. The molecule has 0 saturated heterocycles. The zero-order valence-corrected chi connectivity index (χ0v) is 13.6. The van der Waals surface area contributed by atoms with Gasteiger partial charge < -0.3 is 22.2 Å². The Morgan fingerprint density at radius 3 is 2.62 bits per heavy atom. The van der Waals surface area contributed by atoms with E-state index >= 15 is 0 Å². The van der Waals surface area contributed by atoms with Gasteiger partial charge in [0, 0.05) is 6.20 Å². The predicted octanol–water partition coefficient (Wildman–Crippen LogP) is -2.15. The molecule has 1 aromatic heterocycles. The quantitative estimate of drug-likeness (QED) is 0.700. The average molecular weight is 324 g/mol. The second-order valence-electron chi connectivity index (χ2n) is 5.17. The van der Waals surface area contributed by atoms with Gasteiger partial charge in [0.2, 0.25) is 0 Å². The molecule has 1 aliphatic heterocycles. The van der Waals surface area contributed by atoms with Gasteiger partial charge in [-0.1, -0.05) is 12.1 Å². The summed E-state index contributed by atoms with van der Waals surface area (Å²) in [5.41, 5.74) is 1.01. The van der Waals surface area contributed by atoms with Crippen LogP contribution < -0.4 is 22.2 Å². The molecule has 0 aliphatic carbocycles. The summed E-state index contributed by atoms with van der Waals surface area (Å²) < 4.78 is 12.6. The standard InChI is InChI=1S/C15H17N3OS.ClH/c1-17(2)10-11-18-12-6-3-4-7-13(12)20(19)14-8-5-9-16-15(14)18;/h3-9H,10-11H2,1-2H3;1H. The van der Waals surface area contributed by atoms with Crippen LogP contribution in [0.25, 0.3) is 0 Å². The largest absolute Gasteiger partial charge is 1.00 e. The van der Waals surface area contributed by atoms with Gasteiger partial charge in [-0.25, -0.2) is 9.19 Å². The lowest BCUT2D eigenvalue weighted by Gasteiger charge is -2.31. The van der Waals surface area contributed by atoms with E-state index in [1.807, 2.05) is 36.4 Å². The monoisotopic (exact) mass is 323 g/mol. The van der Waals surface area contributed by atoms with Crippen molar-refractivity contribution in [3.63, 3.8) is 0 Å². The normalized spacial score (nSPS) is 16.1. The van der Waals surface area contributed by atoms with Crippen molar-refractivity contribution in [2.75, 3.05) is 32.1 Å². The molecule has 0 amide bonds. The number of nitrogens with one attached hydrogen (secondary N) is 1. The van der Waals surface area contributed by atoms with Crippen LogP contribution in [0, 0.1) is 0 Å². The first kappa shape index (κ1) is 15.9. The Labute approximate surface area is 133 Å². The Morgan fingerprint density at radius 1 is 1.14 bits per heavy atom. The summed E-state index contributed by atoms with van der Waals surface area (Å²) in [6, 6.07) is 11.6. The number of quaternary nitrogens is 1. The van der Waals surface area contributed by atoms with Gasteiger partial charge in [-0.2, -0.15) is 0 Å². The molecule has 6 heteroatoms. The summed E-state index contributed by atoms with van der Waals surface area (Å²) in [7, 11) is 3.13. The summed E-state index contributed by atoms with van der Waals surface area (Å²) in [5.74, 6) is 0.825. The molecular weight excluding hydrogens is 306 g/mol. The highest BCUT2D eigenvalue weighted by atomic mass is 35.5. The van der Waals surface area contributed by atoms with Crippen molar-refractivity contribution in [1.29, 1.82) is 0 Å². The molecule has 1 unspecified atom stereocenters. The average Bonchev–Trinajstić information content (AvgIpc) is 2.47. The third kappa shape index (κ3) is 2.95. The van der Waals surface area contributed by atoms with Crippen LogP contribution in [0.5, 0.6) is 0 Å². The van der Waals surface area contributed by atoms with Crippen molar-refractivity contribution < 1.29 is 21.5 Å². The Hall–Kier alpha value is -1.43. The maximum atomic E-state index is 12.6. The first-order chi connectivity index (χ1) is 9.68. The van der Waals surface area contributed by atoms with Gasteiger partial charge in [0.1, 0.15) is 5.82 Å². The Morgan fingerprint density at radius 2 is 1.86 bits per heavy atom. The number of fused-ring (bicyclic) bond motifs is 2. The number of para-hydroxylation sites is 1. The van der Waals surface area contributed by atoms with Gasteiger partial charge in [-0.15, -0.1) is 0 Å². The second kappa shape index (κ2) is 6.56. The summed E-state index contributed by atoms with van der Waals surface area (Å²) >= 11 is 0. The first-order valence-corrected chi connectivity index (χ1v) is 7.86. The van der Waals surface area contributed by atoms with Crippen LogP contribution in [0.4, 0.5) is 11.5 Å². The highest BCUT2D eigenvalue weighted by Gasteiger charge is 2.28. The van der Waals surface area contributed by atoms with Crippen molar-refractivity contribution in [3.05, 3.63) is 42.6 Å². The number of pyridine rings is 1. The molecule has 0 saturated carbocycles. The van der Waals surface area contributed by atoms with Crippen LogP contribution in [0.1, 0.15) is 0 Å². The third-order valence-electron chi connectivity index (χ3n) is 3.40. The van der Waals surface area contributed by atoms with Gasteiger partial charge in [-0.05, 0) is 24.3 Å². The van der Waals surface area contributed by atoms with Gasteiger partial charge >= 0.3 is 0 Å². The van der Waals surface area contributed by atoms with Gasteiger partial charge in [0.05, 0.1) is 53.5 Å². The van der Waals surface area contributed by atoms with E-state index in [-0.39, 0.29) is 12.4 Å².